The van der Waals surface area contributed by atoms with Gasteiger partial charge in [-0.25, -0.2) is 0 Å². The molecule has 1 saturated heterocycles. The molecule has 0 saturated carbocycles. The molecule has 0 amide bonds. The van der Waals surface area contributed by atoms with E-state index in [9.17, 15) is 5.11 Å². The van der Waals surface area contributed by atoms with Gasteiger partial charge < -0.3 is 14.7 Å². The number of aliphatic hydroxyl groups is 1. The molecular weight excluding hydrogens is 166 g/mol. The summed E-state index contributed by atoms with van der Waals surface area (Å²) in [5.74, 6) is 0.293. The smallest absolute Gasteiger partial charge is 0.0614 e. The summed E-state index contributed by atoms with van der Waals surface area (Å²) >= 11 is 0. The fraction of sp³-hybridized carbons (Fsp3) is 1.00. The summed E-state index contributed by atoms with van der Waals surface area (Å²) in [6, 6.07) is 0.576. The average Bonchev–Trinajstić information content (AvgIpc) is 2.08. The van der Waals surface area contributed by atoms with Crippen molar-refractivity contribution in [3.63, 3.8) is 0 Å². The Morgan fingerprint density at radius 1 is 1.54 bits per heavy atom. The van der Waals surface area contributed by atoms with Crippen LogP contribution in [-0.4, -0.2) is 49.0 Å². The first-order valence-corrected chi connectivity index (χ1v) is 5.06. The number of likely N-dealkylation sites (tertiary alicyclic amines) is 1. The summed E-state index contributed by atoms with van der Waals surface area (Å²) < 4.78 is 5.09. The lowest BCUT2D eigenvalue weighted by molar-refractivity contribution is -0.0183. The van der Waals surface area contributed by atoms with Gasteiger partial charge in [-0.05, 0) is 20.3 Å². The van der Waals surface area contributed by atoms with E-state index in [2.05, 4.69) is 18.7 Å². The molecule has 2 atom stereocenters. The van der Waals surface area contributed by atoms with Crippen molar-refractivity contribution in [2.75, 3.05) is 26.8 Å². The molecule has 0 spiro atoms. The molecule has 0 aliphatic carbocycles. The largest absolute Gasteiger partial charge is 0.393 e. The van der Waals surface area contributed by atoms with E-state index >= 15 is 0 Å². The van der Waals surface area contributed by atoms with Gasteiger partial charge in [0.2, 0.25) is 0 Å². The Labute approximate surface area is 80.7 Å². The summed E-state index contributed by atoms with van der Waals surface area (Å²) in [6.45, 7) is 7.04. The number of methoxy groups -OCH3 is 1. The van der Waals surface area contributed by atoms with Crippen LogP contribution in [0.4, 0.5) is 0 Å². The molecule has 3 heteroatoms. The van der Waals surface area contributed by atoms with E-state index < -0.39 is 0 Å². The number of nitrogens with zero attached hydrogens (tertiary/aromatic N) is 1. The maximum atomic E-state index is 9.69. The van der Waals surface area contributed by atoms with Crippen LogP contribution in [0.1, 0.15) is 20.3 Å². The van der Waals surface area contributed by atoms with Crippen LogP contribution in [0, 0.1) is 5.92 Å². The minimum atomic E-state index is -0.171. The lowest BCUT2D eigenvalue weighted by Gasteiger charge is -2.38. The fourth-order valence-electron chi connectivity index (χ4n) is 1.89. The molecule has 0 aromatic carbocycles. The molecule has 1 aliphatic rings. The van der Waals surface area contributed by atoms with E-state index in [0.717, 1.165) is 19.5 Å². The molecule has 1 rings (SSSR count). The molecule has 0 radical (unpaired) electrons. The van der Waals surface area contributed by atoms with E-state index in [-0.39, 0.29) is 6.10 Å². The highest BCUT2D eigenvalue weighted by Crippen LogP contribution is 2.19. The molecule has 0 unspecified atom stereocenters. The van der Waals surface area contributed by atoms with Crippen molar-refractivity contribution < 1.29 is 9.84 Å². The van der Waals surface area contributed by atoms with Crippen LogP contribution in [0.25, 0.3) is 0 Å². The highest BCUT2D eigenvalue weighted by atomic mass is 16.5. The van der Waals surface area contributed by atoms with Gasteiger partial charge in [-0.2, -0.15) is 0 Å². The Hall–Kier alpha value is -0.120. The lowest BCUT2D eigenvalue weighted by Crippen LogP contribution is -2.47. The SMILES string of the molecule is COC[C@@H]1CN(C(C)C)CC[C@H]1O. The number of hydrogen-bond donors (Lipinski definition) is 1. The summed E-state index contributed by atoms with van der Waals surface area (Å²) in [5, 5.41) is 9.69. The van der Waals surface area contributed by atoms with Gasteiger partial charge in [0.15, 0.2) is 0 Å². The van der Waals surface area contributed by atoms with Crippen LogP contribution in [0.2, 0.25) is 0 Å². The topological polar surface area (TPSA) is 32.7 Å². The highest BCUT2D eigenvalue weighted by molar-refractivity contribution is 4.81. The Morgan fingerprint density at radius 2 is 2.23 bits per heavy atom. The number of rotatable bonds is 3. The van der Waals surface area contributed by atoms with Crippen LogP contribution < -0.4 is 0 Å². The van der Waals surface area contributed by atoms with Crippen molar-refractivity contribution in [1.82, 2.24) is 4.90 Å². The lowest BCUT2D eigenvalue weighted by atomic mass is 9.94. The van der Waals surface area contributed by atoms with Crippen molar-refractivity contribution in [1.29, 1.82) is 0 Å². The Morgan fingerprint density at radius 3 is 2.77 bits per heavy atom. The first kappa shape index (κ1) is 11.0. The van der Waals surface area contributed by atoms with Gasteiger partial charge in [-0.1, -0.05) is 0 Å². The maximum absolute atomic E-state index is 9.69. The predicted octanol–water partition coefficient (Wildman–Crippen LogP) is 0.724. The second-order valence-electron chi connectivity index (χ2n) is 4.16. The van der Waals surface area contributed by atoms with Gasteiger partial charge in [-0.15, -0.1) is 0 Å². The predicted molar refractivity (Wildman–Crippen MR) is 52.7 cm³/mol. The standard InChI is InChI=1S/C10H21NO2/c1-8(2)11-5-4-10(12)9(6-11)7-13-3/h8-10,12H,4-7H2,1-3H3/t9-,10+/m0/s1. The van der Waals surface area contributed by atoms with Gasteiger partial charge >= 0.3 is 0 Å². The number of piperidine rings is 1. The molecule has 1 heterocycles. The summed E-state index contributed by atoms with van der Waals surface area (Å²) in [4.78, 5) is 2.40. The quantitative estimate of drug-likeness (QED) is 0.707. The van der Waals surface area contributed by atoms with E-state index in [0.29, 0.717) is 18.6 Å². The minimum absolute atomic E-state index is 0.171. The van der Waals surface area contributed by atoms with Gasteiger partial charge in [0.1, 0.15) is 0 Å². The van der Waals surface area contributed by atoms with Crippen molar-refractivity contribution in [2.24, 2.45) is 5.92 Å². The summed E-state index contributed by atoms with van der Waals surface area (Å²) in [7, 11) is 1.70. The van der Waals surface area contributed by atoms with Crippen LogP contribution in [0.3, 0.4) is 0 Å². The van der Waals surface area contributed by atoms with E-state index in [1.54, 1.807) is 7.11 Å². The van der Waals surface area contributed by atoms with E-state index in [4.69, 9.17) is 4.74 Å². The third-order valence-corrected chi connectivity index (χ3v) is 2.84. The van der Waals surface area contributed by atoms with E-state index in [1.807, 2.05) is 0 Å². The minimum Gasteiger partial charge on any atom is -0.393 e. The van der Waals surface area contributed by atoms with Crippen molar-refractivity contribution >= 4 is 0 Å². The Bertz CT molecular complexity index is 150. The van der Waals surface area contributed by atoms with Crippen molar-refractivity contribution in [2.45, 2.75) is 32.4 Å². The molecule has 78 valence electrons. The van der Waals surface area contributed by atoms with Crippen LogP contribution in [-0.2, 0) is 4.74 Å². The maximum Gasteiger partial charge on any atom is 0.0614 e. The molecule has 1 N–H and O–H groups in total. The van der Waals surface area contributed by atoms with Crippen molar-refractivity contribution in [3.8, 4) is 0 Å². The van der Waals surface area contributed by atoms with Crippen molar-refractivity contribution in [3.05, 3.63) is 0 Å². The second-order valence-corrected chi connectivity index (χ2v) is 4.16. The zero-order valence-corrected chi connectivity index (χ0v) is 8.86. The number of ether oxygens (including phenoxy) is 1. The van der Waals surface area contributed by atoms with Crippen LogP contribution >= 0.6 is 0 Å². The zero-order valence-electron chi connectivity index (χ0n) is 8.86. The van der Waals surface area contributed by atoms with Crippen LogP contribution in [0.5, 0.6) is 0 Å². The molecule has 13 heavy (non-hydrogen) atoms. The molecule has 1 fully saturated rings. The van der Waals surface area contributed by atoms with E-state index in [1.165, 1.54) is 0 Å². The average molecular weight is 187 g/mol. The van der Waals surface area contributed by atoms with Crippen LogP contribution in [0.15, 0.2) is 0 Å². The number of hydrogen-bond acceptors (Lipinski definition) is 3. The van der Waals surface area contributed by atoms with Gasteiger partial charge in [0, 0.05) is 32.2 Å². The second kappa shape index (κ2) is 4.94. The Kier molecular flexibility index (Phi) is 4.16. The number of aliphatic hydroxyl groups excluding tert-OH is 1. The van der Waals surface area contributed by atoms with Gasteiger partial charge in [0.05, 0.1) is 12.7 Å². The molecule has 3 nitrogen and oxygen atoms in total. The summed E-state index contributed by atoms with van der Waals surface area (Å²) in [5.41, 5.74) is 0. The molecule has 1 aliphatic heterocycles. The third kappa shape index (κ3) is 2.93. The molecule has 0 aromatic rings. The third-order valence-electron chi connectivity index (χ3n) is 2.84. The highest BCUT2D eigenvalue weighted by Gasteiger charge is 2.28. The first-order chi connectivity index (χ1) is 6.15. The molecule has 0 bridgehead atoms. The fourth-order valence-corrected chi connectivity index (χ4v) is 1.89. The normalized spacial score (nSPS) is 31.2. The Balaban J connectivity index is 2.42. The molecule has 0 aromatic heterocycles. The first-order valence-electron chi connectivity index (χ1n) is 5.06. The zero-order chi connectivity index (χ0) is 9.84. The van der Waals surface area contributed by atoms with Gasteiger partial charge in [0.25, 0.3) is 0 Å². The monoisotopic (exact) mass is 187 g/mol. The summed E-state index contributed by atoms with van der Waals surface area (Å²) in [6.07, 6.45) is 0.710. The molecular formula is C10H21NO2. The van der Waals surface area contributed by atoms with Gasteiger partial charge in [-0.3, -0.25) is 0 Å².